The number of nitrogens with one attached hydrogen (secondary N) is 2. The maximum Gasteiger partial charge on any atom is 0.255 e. The minimum absolute atomic E-state index is 0.0230. The lowest BCUT2D eigenvalue weighted by molar-refractivity contribution is -0.109. The van der Waals surface area contributed by atoms with E-state index in [0.29, 0.717) is 48.4 Å². The molecule has 0 atom stereocenters. The molecule has 0 spiro atoms. The number of benzene rings is 2. The van der Waals surface area contributed by atoms with Crippen molar-refractivity contribution in [2.24, 2.45) is 0 Å². The number of aryl methyl sites for hydroxylation is 1. The van der Waals surface area contributed by atoms with Crippen molar-refractivity contribution in [3.05, 3.63) is 38.5 Å². The zero-order chi connectivity index (χ0) is 27.3. The van der Waals surface area contributed by atoms with E-state index < -0.39 is 11.3 Å². The molecule has 2 aliphatic rings. The molecular formula is C26H37N7O4. The molecule has 200 valence electrons. The third kappa shape index (κ3) is 6.17. The summed E-state index contributed by atoms with van der Waals surface area (Å²) in [4.78, 5) is 45.6. The summed E-state index contributed by atoms with van der Waals surface area (Å²) in [6.45, 7) is 6.49. The lowest BCUT2D eigenvalue weighted by Crippen LogP contribution is -2.31. The Morgan fingerprint density at radius 1 is 1.11 bits per heavy atom. The molecule has 0 unspecified atom stereocenters. The normalized spacial score (nSPS) is 11.5. The van der Waals surface area contributed by atoms with Crippen LogP contribution in [0.25, 0.3) is 22.6 Å². The van der Waals surface area contributed by atoms with Gasteiger partial charge in [-0.15, -0.1) is 0 Å². The first-order valence-electron chi connectivity index (χ1n) is 12.3. The van der Waals surface area contributed by atoms with E-state index in [2.05, 4.69) is 15.5 Å². The zero-order valence-electron chi connectivity index (χ0n) is 22.2. The van der Waals surface area contributed by atoms with Gasteiger partial charge in [-0.25, -0.2) is 4.98 Å². The lowest BCUT2D eigenvalue weighted by atomic mass is 9.99. The summed E-state index contributed by atoms with van der Waals surface area (Å²) in [5, 5.41) is 5.51. The number of fused-ring (bicyclic) bond motifs is 2. The van der Waals surface area contributed by atoms with E-state index in [9.17, 15) is 14.4 Å². The van der Waals surface area contributed by atoms with E-state index in [1.807, 2.05) is 39.0 Å². The molecule has 1 heterocycles. The second-order valence-electron chi connectivity index (χ2n) is 9.64. The Balaban J connectivity index is 2.10. The molecule has 0 radical (unpaired) electrons. The molecule has 2 amide bonds. The summed E-state index contributed by atoms with van der Waals surface area (Å²) in [7, 11) is 5.87. The first-order chi connectivity index (χ1) is 17.6. The molecule has 1 aromatic rings. The minimum Gasteiger partial charge on any atom is -0.452 e. The Morgan fingerprint density at radius 2 is 1.81 bits per heavy atom. The fraction of sp³-hybridized carbons (Fsp3) is 0.462. The van der Waals surface area contributed by atoms with Gasteiger partial charge in [0.2, 0.25) is 11.8 Å². The number of carbonyl (C=O) groups is 2. The van der Waals surface area contributed by atoms with Crippen molar-refractivity contribution >= 4 is 34.8 Å². The van der Waals surface area contributed by atoms with Crippen LogP contribution in [-0.4, -0.2) is 74.4 Å². The van der Waals surface area contributed by atoms with Crippen molar-refractivity contribution in [3.8, 4) is 11.5 Å². The lowest BCUT2D eigenvalue weighted by Gasteiger charge is -2.21. The van der Waals surface area contributed by atoms with E-state index in [-0.39, 0.29) is 28.3 Å². The molecule has 0 saturated heterocycles. The second-order valence-corrected chi connectivity index (χ2v) is 9.64. The summed E-state index contributed by atoms with van der Waals surface area (Å²) in [6, 6.07) is 1.85. The molecule has 0 saturated carbocycles. The summed E-state index contributed by atoms with van der Waals surface area (Å²) in [5.74, 6) is -0.244. The van der Waals surface area contributed by atoms with Crippen molar-refractivity contribution in [2.75, 3.05) is 58.8 Å². The van der Waals surface area contributed by atoms with E-state index in [1.165, 1.54) is 0 Å². The molecule has 0 fully saturated rings. The Morgan fingerprint density at radius 3 is 2.49 bits per heavy atom. The van der Waals surface area contributed by atoms with Crippen LogP contribution >= 0.6 is 0 Å². The van der Waals surface area contributed by atoms with Crippen molar-refractivity contribution in [2.45, 2.75) is 33.2 Å². The third-order valence-corrected chi connectivity index (χ3v) is 6.38. The third-order valence-electron chi connectivity index (χ3n) is 6.38. The number of aromatic nitrogens is 1. The number of rotatable bonds is 12. The largest absolute Gasteiger partial charge is 0.452 e. The molecule has 1 aromatic carbocycles. The van der Waals surface area contributed by atoms with Gasteiger partial charge in [-0.05, 0) is 72.6 Å². The first kappa shape index (κ1) is 27.9. The van der Waals surface area contributed by atoms with Crippen LogP contribution in [0.3, 0.4) is 0 Å². The van der Waals surface area contributed by atoms with Gasteiger partial charge in [0, 0.05) is 36.4 Å². The van der Waals surface area contributed by atoms with Crippen molar-refractivity contribution in [1.82, 2.24) is 25.4 Å². The number of carbonyl (C=O) groups excluding carboxylic acids is 2. The molecule has 1 aliphatic heterocycles. The maximum atomic E-state index is 13.2. The number of hydrogen-bond donors (Lipinski definition) is 4. The standard InChI is InChI=1S/C26H37N7O4/c1-15-18(27)12-17(13-33(5)11-6-8-29-14-34)21-24(15)37-25-16(2)23(35)20(28)19(22(25)31-21)26(36)30-9-7-10-32(3)4/h12,14H,6-11,13,27-28H2,1-5H3,(H,29,34)(H,30,36). The molecule has 3 rings (SSSR count). The second kappa shape index (κ2) is 12.0. The van der Waals surface area contributed by atoms with Crippen LogP contribution in [0, 0.1) is 13.8 Å². The van der Waals surface area contributed by atoms with Gasteiger partial charge in [-0.2, -0.15) is 0 Å². The number of anilines is 2. The number of nitrogen functional groups attached to an aromatic ring is 2. The van der Waals surface area contributed by atoms with Gasteiger partial charge >= 0.3 is 0 Å². The summed E-state index contributed by atoms with van der Waals surface area (Å²) < 4.78 is 6.26. The molecular weight excluding hydrogens is 474 g/mol. The SMILES string of the molecule is Cc1c2oc3c(C)c(N)cc(CN(C)CCCNC=O)c3nc-2c(C(=O)NCCCN(C)C)c(N)c1=O. The van der Waals surface area contributed by atoms with Gasteiger partial charge in [0.05, 0.1) is 11.3 Å². The van der Waals surface area contributed by atoms with Crippen LogP contribution in [0.15, 0.2) is 15.3 Å². The van der Waals surface area contributed by atoms with Gasteiger partial charge in [0.25, 0.3) is 5.91 Å². The van der Waals surface area contributed by atoms with E-state index in [4.69, 9.17) is 20.9 Å². The maximum absolute atomic E-state index is 13.2. The molecule has 37 heavy (non-hydrogen) atoms. The molecule has 6 N–H and O–H groups in total. The average molecular weight is 512 g/mol. The van der Waals surface area contributed by atoms with Gasteiger partial charge in [-0.1, -0.05) is 0 Å². The van der Waals surface area contributed by atoms with E-state index >= 15 is 0 Å². The Kier molecular flexibility index (Phi) is 9.06. The molecule has 0 bridgehead atoms. The van der Waals surface area contributed by atoms with Crippen LogP contribution in [0.4, 0.5) is 11.4 Å². The van der Waals surface area contributed by atoms with Crippen molar-refractivity contribution < 1.29 is 14.0 Å². The minimum atomic E-state index is -0.464. The number of amides is 2. The summed E-state index contributed by atoms with van der Waals surface area (Å²) >= 11 is 0. The van der Waals surface area contributed by atoms with E-state index in [0.717, 1.165) is 31.5 Å². The Hall–Kier alpha value is -3.70. The smallest absolute Gasteiger partial charge is 0.255 e. The topological polar surface area (TPSA) is 160 Å². The van der Waals surface area contributed by atoms with Crippen LogP contribution in [0.5, 0.6) is 0 Å². The highest BCUT2D eigenvalue weighted by Crippen LogP contribution is 2.36. The quantitative estimate of drug-likeness (QED) is 0.122. The molecule has 11 heteroatoms. The fourth-order valence-electron chi connectivity index (χ4n) is 4.26. The summed E-state index contributed by atoms with van der Waals surface area (Å²) in [6.07, 6.45) is 2.20. The van der Waals surface area contributed by atoms with Gasteiger partial charge < -0.3 is 36.3 Å². The molecule has 0 aromatic heterocycles. The Labute approximate surface area is 216 Å². The predicted octanol–water partition coefficient (Wildman–Crippen LogP) is 1.32. The van der Waals surface area contributed by atoms with Crippen LogP contribution in [0.1, 0.15) is 39.9 Å². The highest BCUT2D eigenvalue weighted by atomic mass is 16.3. The number of nitrogens with two attached hydrogens (primary N) is 2. The average Bonchev–Trinajstić information content (AvgIpc) is 2.85. The van der Waals surface area contributed by atoms with Gasteiger partial charge in [-0.3, -0.25) is 14.4 Å². The first-order valence-corrected chi connectivity index (χ1v) is 12.3. The van der Waals surface area contributed by atoms with Crippen LogP contribution in [0.2, 0.25) is 0 Å². The predicted molar refractivity (Wildman–Crippen MR) is 146 cm³/mol. The highest BCUT2D eigenvalue weighted by molar-refractivity contribution is 6.06. The van der Waals surface area contributed by atoms with Crippen molar-refractivity contribution in [1.29, 1.82) is 0 Å². The number of hydrogen-bond acceptors (Lipinski definition) is 9. The zero-order valence-corrected chi connectivity index (χ0v) is 22.2. The molecule has 1 aliphatic carbocycles. The van der Waals surface area contributed by atoms with Crippen LogP contribution in [-0.2, 0) is 11.3 Å². The number of nitrogens with zero attached hydrogens (tertiary/aromatic N) is 3. The summed E-state index contributed by atoms with van der Waals surface area (Å²) in [5.41, 5.74) is 15.5. The monoisotopic (exact) mass is 511 g/mol. The van der Waals surface area contributed by atoms with Gasteiger partial charge in [0.15, 0.2) is 11.3 Å². The van der Waals surface area contributed by atoms with E-state index in [1.54, 1.807) is 6.92 Å². The van der Waals surface area contributed by atoms with Gasteiger partial charge in [0.1, 0.15) is 11.2 Å². The molecule has 11 nitrogen and oxygen atoms in total. The fourth-order valence-corrected chi connectivity index (χ4v) is 4.26. The van der Waals surface area contributed by atoms with Crippen molar-refractivity contribution in [3.63, 3.8) is 0 Å². The van der Waals surface area contributed by atoms with Crippen LogP contribution < -0.4 is 27.5 Å². The Bertz CT molecular complexity index is 1320. The highest BCUT2D eigenvalue weighted by Gasteiger charge is 2.28.